The van der Waals surface area contributed by atoms with Gasteiger partial charge in [0, 0.05) is 32.2 Å². The fourth-order valence-electron chi connectivity index (χ4n) is 2.11. The van der Waals surface area contributed by atoms with Crippen molar-refractivity contribution in [3.8, 4) is 12.1 Å². The summed E-state index contributed by atoms with van der Waals surface area (Å²) in [5.41, 5.74) is 3.57. The van der Waals surface area contributed by atoms with Crippen molar-refractivity contribution in [2.75, 3.05) is 43.6 Å². The maximum atomic E-state index is 13.4. The van der Waals surface area contributed by atoms with Crippen LogP contribution in [-0.4, -0.2) is 43.8 Å². The predicted molar refractivity (Wildman–Crippen MR) is 78.4 cm³/mol. The summed E-state index contributed by atoms with van der Waals surface area (Å²) in [6, 6.07) is 7.68. The van der Waals surface area contributed by atoms with Gasteiger partial charge in [-0.15, -0.1) is 0 Å². The number of halogens is 1. The van der Waals surface area contributed by atoms with Crippen LogP contribution < -0.4 is 10.3 Å². The van der Waals surface area contributed by atoms with Crippen molar-refractivity contribution in [2.45, 2.75) is 0 Å². The van der Waals surface area contributed by atoms with Crippen LogP contribution in [0.25, 0.3) is 0 Å². The third-order valence-corrected chi connectivity index (χ3v) is 3.30. The Balaban J connectivity index is 2.24. The molecule has 0 aliphatic carbocycles. The molecule has 1 saturated heterocycles. The van der Waals surface area contributed by atoms with Crippen LogP contribution in [0.1, 0.15) is 0 Å². The molecule has 0 saturated carbocycles. The Bertz CT molecular complexity index is 603. The Kier molecular flexibility index (Phi) is 4.70. The fraction of sp³-hybridized carbons (Fsp3) is 0.357. The molecule has 21 heavy (non-hydrogen) atoms. The number of rotatable bonds is 3. The molecular formula is C14H15FN6. The summed E-state index contributed by atoms with van der Waals surface area (Å²) in [6.07, 6.45) is 0. The van der Waals surface area contributed by atoms with Crippen LogP contribution in [0.3, 0.4) is 0 Å². The second kappa shape index (κ2) is 6.69. The van der Waals surface area contributed by atoms with Gasteiger partial charge in [-0.3, -0.25) is 5.43 Å². The number of nitriles is 2. The van der Waals surface area contributed by atoms with E-state index in [1.54, 1.807) is 18.2 Å². The molecule has 1 aliphatic heterocycles. The highest BCUT2D eigenvalue weighted by Crippen LogP contribution is 2.27. The molecule has 1 aromatic carbocycles. The van der Waals surface area contributed by atoms with Crippen molar-refractivity contribution in [3.63, 3.8) is 0 Å². The van der Waals surface area contributed by atoms with Crippen LogP contribution in [0, 0.1) is 28.5 Å². The van der Waals surface area contributed by atoms with E-state index in [1.165, 1.54) is 12.1 Å². The summed E-state index contributed by atoms with van der Waals surface area (Å²) >= 11 is 0. The lowest BCUT2D eigenvalue weighted by molar-refractivity contribution is 0.313. The first-order valence-electron chi connectivity index (χ1n) is 6.51. The van der Waals surface area contributed by atoms with Crippen LogP contribution in [0.4, 0.5) is 15.8 Å². The van der Waals surface area contributed by atoms with Crippen LogP contribution in [-0.2, 0) is 0 Å². The summed E-state index contributed by atoms with van der Waals surface area (Å²) in [5, 5.41) is 21.0. The molecule has 0 amide bonds. The maximum Gasteiger partial charge on any atom is 0.237 e. The van der Waals surface area contributed by atoms with Gasteiger partial charge in [-0.05, 0) is 19.2 Å². The van der Waals surface area contributed by atoms with E-state index in [9.17, 15) is 4.39 Å². The van der Waals surface area contributed by atoms with Gasteiger partial charge in [-0.1, -0.05) is 0 Å². The normalized spacial score (nSPS) is 15.0. The van der Waals surface area contributed by atoms with Gasteiger partial charge in [0.2, 0.25) is 5.71 Å². The molecule has 0 unspecified atom stereocenters. The molecule has 0 aromatic heterocycles. The van der Waals surface area contributed by atoms with Crippen molar-refractivity contribution >= 4 is 17.1 Å². The number of hydrogen-bond acceptors (Lipinski definition) is 6. The summed E-state index contributed by atoms with van der Waals surface area (Å²) in [5.74, 6) is -0.402. The summed E-state index contributed by atoms with van der Waals surface area (Å²) in [6.45, 7) is 3.48. The Morgan fingerprint density at radius 2 is 1.90 bits per heavy atom. The molecule has 7 heteroatoms. The lowest BCUT2D eigenvalue weighted by Crippen LogP contribution is -2.44. The molecule has 1 aromatic rings. The van der Waals surface area contributed by atoms with Crippen molar-refractivity contribution in [2.24, 2.45) is 5.10 Å². The number of nitrogens with zero attached hydrogens (tertiary/aromatic N) is 5. The monoisotopic (exact) mass is 286 g/mol. The topological polar surface area (TPSA) is 78.4 Å². The van der Waals surface area contributed by atoms with E-state index in [-0.39, 0.29) is 5.71 Å². The second-order valence-electron chi connectivity index (χ2n) is 4.75. The van der Waals surface area contributed by atoms with Crippen molar-refractivity contribution in [1.82, 2.24) is 4.90 Å². The SMILES string of the molecule is CN1CCN(c2ccc(F)cc2NN=C(C#N)C#N)CC1. The van der Waals surface area contributed by atoms with E-state index >= 15 is 0 Å². The lowest BCUT2D eigenvalue weighted by atomic mass is 10.2. The molecule has 1 fully saturated rings. The van der Waals surface area contributed by atoms with E-state index in [1.807, 2.05) is 0 Å². The van der Waals surface area contributed by atoms with Crippen LogP contribution >= 0.6 is 0 Å². The van der Waals surface area contributed by atoms with Crippen LogP contribution in [0.2, 0.25) is 0 Å². The minimum Gasteiger partial charge on any atom is -0.367 e. The van der Waals surface area contributed by atoms with Gasteiger partial charge < -0.3 is 9.80 Å². The van der Waals surface area contributed by atoms with E-state index in [2.05, 4.69) is 27.4 Å². The van der Waals surface area contributed by atoms with E-state index in [4.69, 9.17) is 10.5 Å². The zero-order valence-corrected chi connectivity index (χ0v) is 11.7. The van der Waals surface area contributed by atoms with Gasteiger partial charge in [0.25, 0.3) is 0 Å². The van der Waals surface area contributed by atoms with Gasteiger partial charge >= 0.3 is 0 Å². The minimum absolute atomic E-state index is 0.302. The Hall–Kier alpha value is -2.64. The highest BCUT2D eigenvalue weighted by Gasteiger charge is 2.17. The summed E-state index contributed by atoms with van der Waals surface area (Å²) in [7, 11) is 2.05. The van der Waals surface area contributed by atoms with Crippen LogP contribution in [0.5, 0.6) is 0 Å². The first-order chi connectivity index (χ1) is 10.1. The quantitative estimate of drug-likeness (QED) is 0.671. The Labute approximate surface area is 122 Å². The van der Waals surface area contributed by atoms with Gasteiger partial charge in [-0.2, -0.15) is 15.6 Å². The number of anilines is 2. The van der Waals surface area contributed by atoms with Gasteiger partial charge in [0.15, 0.2) is 0 Å². The van der Waals surface area contributed by atoms with Crippen molar-refractivity contribution < 1.29 is 4.39 Å². The van der Waals surface area contributed by atoms with E-state index < -0.39 is 5.82 Å². The van der Waals surface area contributed by atoms with E-state index in [0.717, 1.165) is 31.9 Å². The average Bonchev–Trinajstić information content (AvgIpc) is 2.49. The minimum atomic E-state index is -0.402. The molecular weight excluding hydrogens is 271 g/mol. The highest BCUT2D eigenvalue weighted by atomic mass is 19.1. The standard InChI is InChI=1S/C14H15FN6/c1-20-4-6-21(7-5-20)14-3-2-11(15)8-13(14)19-18-12(9-16)10-17/h2-3,8,19H,4-7H2,1H3. The highest BCUT2D eigenvalue weighted by molar-refractivity contribution is 6.10. The molecule has 1 N–H and O–H groups in total. The number of piperazine rings is 1. The first kappa shape index (κ1) is 14.8. The molecule has 0 bridgehead atoms. The third kappa shape index (κ3) is 3.68. The third-order valence-electron chi connectivity index (χ3n) is 3.30. The average molecular weight is 286 g/mol. The number of hydrogen-bond donors (Lipinski definition) is 1. The largest absolute Gasteiger partial charge is 0.367 e. The van der Waals surface area contributed by atoms with Crippen molar-refractivity contribution in [1.29, 1.82) is 10.5 Å². The lowest BCUT2D eigenvalue weighted by Gasteiger charge is -2.34. The molecule has 0 spiro atoms. The molecule has 0 radical (unpaired) electrons. The number of nitrogens with one attached hydrogen (secondary N) is 1. The Morgan fingerprint density at radius 1 is 1.24 bits per heavy atom. The second-order valence-corrected chi connectivity index (χ2v) is 4.75. The zero-order chi connectivity index (χ0) is 15.2. The Morgan fingerprint density at radius 3 is 2.52 bits per heavy atom. The van der Waals surface area contributed by atoms with Gasteiger partial charge in [-0.25, -0.2) is 4.39 Å². The maximum absolute atomic E-state index is 13.4. The summed E-state index contributed by atoms with van der Waals surface area (Å²) < 4.78 is 13.4. The molecule has 108 valence electrons. The number of hydrazone groups is 1. The molecule has 1 aliphatic rings. The fourth-order valence-corrected chi connectivity index (χ4v) is 2.11. The molecule has 6 nitrogen and oxygen atoms in total. The zero-order valence-electron chi connectivity index (χ0n) is 11.7. The van der Waals surface area contributed by atoms with E-state index in [0.29, 0.717) is 5.69 Å². The summed E-state index contributed by atoms with van der Waals surface area (Å²) in [4.78, 5) is 4.34. The first-order valence-corrected chi connectivity index (χ1v) is 6.51. The number of benzene rings is 1. The molecule has 2 rings (SSSR count). The van der Waals surface area contributed by atoms with Gasteiger partial charge in [0.05, 0.1) is 11.4 Å². The number of likely N-dealkylation sites (N-methyl/N-ethyl adjacent to an activating group) is 1. The molecule has 0 atom stereocenters. The predicted octanol–water partition coefficient (Wildman–Crippen LogP) is 1.39. The van der Waals surface area contributed by atoms with Crippen LogP contribution in [0.15, 0.2) is 23.3 Å². The van der Waals surface area contributed by atoms with Gasteiger partial charge in [0.1, 0.15) is 18.0 Å². The van der Waals surface area contributed by atoms with Crippen molar-refractivity contribution in [3.05, 3.63) is 24.0 Å². The smallest absolute Gasteiger partial charge is 0.237 e. The molecule has 1 heterocycles.